The second kappa shape index (κ2) is 31.3. The van der Waals surface area contributed by atoms with Crippen molar-refractivity contribution in [3.05, 3.63) is 129 Å². The summed E-state index contributed by atoms with van der Waals surface area (Å²) in [6.45, 7) is 16.9. The molecular weight excluding hydrogens is 1110 g/mol. The van der Waals surface area contributed by atoms with Gasteiger partial charge in [-0.25, -0.2) is 24.0 Å². The topological polar surface area (TPSA) is 253 Å². The minimum atomic E-state index is -1.37. The second-order valence-corrected chi connectivity index (χ2v) is 21.7. The van der Waals surface area contributed by atoms with Crippen LogP contribution in [0.4, 0.5) is 14.4 Å². The minimum Gasteiger partial charge on any atom is -0.476 e. The van der Waals surface area contributed by atoms with E-state index in [-0.39, 0.29) is 50.3 Å². The van der Waals surface area contributed by atoms with E-state index in [1.54, 1.807) is 121 Å². The third-order valence-corrected chi connectivity index (χ3v) is 12.4. The Kier molecular flexibility index (Phi) is 26.4. The average molecular weight is 1190 g/mol. The van der Waals surface area contributed by atoms with Crippen LogP contribution >= 0.6 is 35.6 Å². The number of esters is 2. The van der Waals surface area contributed by atoms with Crippen molar-refractivity contribution < 1.29 is 66.7 Å². The number of nitrogens with zero attached hydrogens (tertiary/aromatic N) is 2. The van der Waals surface area contributed by atoms with Gasteiger partial charge in [-0.05, 0) is 158 Å². The minimum absolute atomic E-state index is 0. The summed E-state index contributed by atoms with van der Waals surface area (Å²) in [4.78, 5) is 89.5. The summed E-state index contributed by atoms with van der Waals surface area (Å²) in [7, 11) is 0. The van der Waals surface area contributed by atoms with Crippen LogP contribution in [0.25, 0.3) is 0 Å². The zero-order chi connectivity index (χ0) is 58.1. The van der Waals surface area contributed by atoms with Crippen LogP contribution in [0.15, 0.2) is 97.1 Å². The van der Waals surface area contributed by atoms with Gasteiger partial charge in [-0.15, -0.1) is 12.4 Å². The number of carbonyl (C=O) groups is 7. The number of amides is 5. The van der Waals surface area contributed by atoms with Gasteiger partial charge < -0.3 is 64.6 Å². The van der Waals surface area contributed by atoms with Gasteiger partial charge in [-0.1, -0.05) is 54.9 Å². The second-order valence-electron chi connectivity index (χ2n) is 20.8. The lowest BCUT2D eigenvalue weighted by atomic mass is 10.1. The molecule has 0 aromatic heterocycles. The summed E-state index contributed by atoms with van der Waals surface area (Å²) in [6.07, 6.45) is -1.54. The molecule has 6 rings (SSSR count). The summed E-state index contributed by atoms with van der Waals surface area (Å²) < 4.78 is 38.0. The van der Waals surface area contributed by atoms with E-state index in [9.17, 15) is 33.6 Å². The maximum Gasteiger partial charge on any atom is 0.412 e. The highest BCUT2D eigenvalue weighted by Gasteiger charge is 2.37. The highest BCUT2D eigenvalue weighted by atomic mass is 35.5. The van der Waals surface area contributed by atoms with Crippen molar-refractivity contribution in [2.75, 3.05) is 39.3 Å². The summed E-state index contributed by atoms with van der Waals surface area (Å²) in [5.41, 5.74) is 5.52. The molecule has 4 aromatic rings. The molecule has 0 spiro atoms. The molecule has 20 nitrogen and oxygen atoms in total. The Balaban J connectivity index is 0.000000421. The number of halogens is 3. The number of nitrogens with two attached hydrogens (primary N) is 1. The van der Waals surface area contributed by atoms with Crippen LogP contribution < -0.4 is 31.2 Å². The smallest absolute Gasteiger partial charge is 0.412 e. The number of likely N-dealkylation sites (tertiary alicyclic amines) is 2. The zero-order valence-electron chi connectivity index (χ0n) is 46.5. The van der Waals surface area contributed by atoms with Crippen molar-refractivity contribution in [1.29, 1.82) is 0 Å². The molecule has 23 heteroatoms. The van der Waals surface area contributed by atoms with Gasteiger partial charge in [0.2, 0.25) is 12.6 Å². The van der Waals surface area contributed by atoms with Gasteiger partial charge in [0.15, 0.2) is 11.2 Å². The molecule has 2 heterocycles. The molecule has 2 saturated heterocycles. The number of alkyl carbamates (subject to hydrolysis) is 1. The summed E-state index contributed by atoms with van der Waals surface area (Å²) in [5.74, 6) is -0.822. The van der Waals surface area contributed by atoms with Crippen molar-refractivity contribution in [2.24, 2.45) is 5.73 Å². The molecule has 0 radical (unpaired) electrons. The molecule has 0 aliphatic carbocycles. The third kappa shape index (κ3) is 23.2. The largest absolute Gasteiger partial charge is 0.476 e. The van der Waals surface area contributed by atoms with Gasteiger partial charge in [0.25, 0.3) is 11.8 Å². The van der Waals surface area contributed by atoms with E-state index in [4.69, 9.17) is 62.1 Å². The summed E-state index contributed by atoms with van der Waals surface area (Å²) >= 11 is 11.7. The zero-order valence-corrected chi connectivity index (χ0v) is 48.8. The Labute approximate surface area is 490 Å². The van der Waals surface area contributed by atoms with Gasteiger partial charge in [0.05, 0.1) is 6.04 Å². The molecule has 0 saturated carbocycles. The number of nitrogens with one attached hydrogen (secondary N) is 3. The lowest BCUT2D eigenvalue weighted by molar-refractivity contribution is -0.182. The molecule has 4 aromatic carbocycles. The molecule has 444 valence electrons. The molecule has 5 amide bonds. The van der Waals surface area contributed by atoms with Gasteiger partial charge in [-0.2, -0.15) is 0 Å². The first-order valence-electron chi connectivity index (χ1n) is 25.9. The lowest BCUT2D eigenvalue weighted by Crippen LogP contribution is -2.43. The Bertz CT molecular complexity index is 2710. The molecule has 2 unspecified atom stereocenters. The van der Waals surface area contributed by atoms with Crippen molar-refractivity contribution in [1.82, 2.24) is 25.8 Å². The van der Waals surface area contributed by atoms with E-state index < -0.39 is 59.6 Å². The van der Waals surface area contributed by atoms with Crippen LogP contribution in [0.1, 0.15) is 114 Å². The predicted octanol–water partition coefficient (Wildman–Crippen LogP) is 9.68. The Morgan fingerprint density at radius 2 is 0.963 bits per heavy atom. The highest BCUT2D eigenvalue weighted by Crippen LogP contribution is 2.24. The molecule has 0 bridgehead atoms. The fraction of sp³-hybridized carbons (Fsp3) is 0.466. The Morgan fingerprint density at radius 3 is 1.33 bits per heavy atom. The molecule has 2 aliphatic rings. The van der Waals surface area contributed by atoms with Gasteiger partial charge in [0.1, 0.15) is 17.1 Å². The van der Waals surface area contributed by atoms with Gasteiger partial charge >= 0.3 is 30.2 Å². The molecule has 4 atom stereocenters. The molecule has 81 heavy (non-hydrogen) atoms. The Hall–Kier alpha value is -7.00. The number of carbonyl (C=O) groups excluding carboxylic acids is 7. The molecule has 5 N–H and O–H groups in total. The third-order valence-electron chi connectivity index (χ3n) is 11.9. The van der Waals surface area contributed by atoms with E-state index in [1.807, 2.05) is 24.3 Å². The van der Waals surface area contributed by atoms with Gasteiger partial charge in [0, 0.05) is 80.3 Å². The average Bonchev–Trinajstić information content (AvgIpc) is 4.04. The van der Waals surface area contributed by atoms with Crippen molar-refractivity contribution in [2.45, 2.75) is 137 Å². The number of hydrogen-bond acceptors (Lipinski definition) is 15. The van der Waals surface area contributed by atoms with E-state index in [0.717, 1.165) is 11.1 Å². The number of hydrogen-bond donors (Lipinski definition) is 4. The fourth-order valence-corrected chi connectivity index (χ4v) is 7.96. The number of benzene rings is 4. The van der Waals surface area contributed by atoms with Crippen LogP contribution in [0.3, 0.4) is 0 Å². The van der Waals surface area contributed by atoms with Crippen LogP contribution in [0.2, 0.25) is 10.0 Å². The molecule has 2 aliphatic heterocycles. The van der Waals surface area contributed by atoms with E-state index in [2.05, 4.69) is 16.0 Å². The number of rotatable bonds is 19. The molecule has 2 fully saturated rings. The lowest BCUT2D eigenvalue weighted by Gasteiger charge is -2.27. The monoisotopic (exact) mass is 1190 g/mol. The standard InChI is InChI=1S/C31H40ClN3O8.C26H32ClN3O6.CH4.ClH/c1-20(41-29(39)35-18-16-24(19-35)34-28(38)43-30(2,3)4)40-27(37)31(5,6)42-25-13-7-21(8-14-25)15-17-33-26(36)22-9-11-23(32)12-10-22;1-17(35-25(33)30-15-13-21(28)16-30)34-24(32)26(2,3)36-22-10-4-18(5-11-22)12-14-29-23(31)19-6-8-20(27)9-7-19;;/h7-14,20,24H,15-19H2,1-6H3,(H,33,36)(H,34,38);4-11,17,21H,12-16,28H2,1-3H3,(H,29,31);1H4;1H/t20?,24-;17?,21-;;/m11../s1. The van der Waals surface area contributed by atoms with Crippen LogP contribution in [-0.2, 0) is 46.1 Å². The van der Waals surface area contributed by atoms with E-state index in [1.165, 1.54) is 23.6 Å². The predicted molar refractivity (Wildman–Crippen MR) is 309 cm³/mol. The Morgan fingerprint density at radius 1 is 0.580 bits per heavy atom. The summed E-state index contributed by atoms with van der Waals surface area (Å²) in [5, 5.41) is 9.62. The van der Waals surface area contributed by atoms with Crippen LogP contribution in [-0.4, -0.2) is 133 Å². The van der Waals surface area contributed by atoms with Crippen molar-refractivity contribution in [3.63, 3.8) is 0 Å². The van der Waals surface area contributed by atoms with Crippen molar-refractivity contribution >= 4 is 77.6 Å². The maximum atomic E-state index is 12.8. The quantitative estimate of drug-likeness (QED) is 0.0387. The maximum absolute atomic E-state index is 12.8. The SMILES string of the molecule is C.CC(OC(=O)N1CC[C@@H](N)C1)OC(=O)C(C)(C)Oc1ccc(CCNC(=O)c2ccc(Cl)cc2)cc1.CC(OC(=O)N1CC[C@@H](NC(=O)OC(C)(C)C)C1)OC(=O)C(C)(C)Oc1ccc(CCNC(=O)c2ccc(Cl)cc2)cc1.Cl. The first-order valence-corrected chi connectivity index (χ1v) is 26.6. The van der Waals surface area contributed by atoms with Crippen LogP contribution in [0.5, 0.6) is 11.5 Å². The van der Waals surface area contributed by atoms with E-state index in [0.29, 0.717) is 91.1 Å². The highest BCUT2D eigenvalue weighted by molar-refractivity contribution is 6.31. The molecular formula is C58H77Cl3N6O14. The van der Waals surface area contributed by atoms with Crippen molar-refractivity contribution in [3.8, 4) is 11.5 Å². The normalized spacial score (nSPS) is 15.6. The summed E-state index contributed by atoms with van der Waals surface area (Å²) in [6, 6.07) is 27.3. The van der Waals surface area contributed by atoms with Crippen LogP contribution in [0, 0.1) is 0 Å². The van der Waals surface area contributed by atoms with Gasteiger partial charge in [-0.3, -0.25) is 9.59 Å². The fourth-order valence-electron chi connectivity index (χ4n) is 7.71. The van der Waals surface area contributed by atoms with E-state index >= 15 is 0 Å². The number of ether oxygens (including phenoxy) is 7. The first-order chi connectivity index (χ1) is 37.1. The first kappa shape index (κ1) is 68.3.